The van der Waals surface area contributed by atoms with Gasteiger partial charge in [0.05, 0.1) is 0 Å². The SMILES string of the molecule is CC1CCCN(C(=O)NC(CCO)C(=O)O)C1C. The van der Waals surface area contributed by atoms with Crippen molar-refractivity contribution in [2.45, 2.75) is 45.2 Å². The van der Waals surface area contributed by atoms with Crippen LogP contribution in [0.1, 0.15) is 33.1 Å². The average Bonchev–Trinajstić information content (AvgIpc) is 2.31. The Morgan fingerprint density at radius 1 is 1.44 bits per heavy atom. The minimum absolute atomic E-state index is 0.0266. The molecular formula is C12H22N2O4. The van der Waals surface area contributed by atoms with E-state index in [4.69, 9.17) is 10.2 Å². The van der Waals surface area contributed by atoms with E-state index in [9.17, 15) is 9.59 Å². The molecule has 0 aromatic rings. The number of aliphatic carboxylic acids is 1. The molecule has 0 aromatic carbocycles. The molecular weight excluding hydrogens is 236 g/mol. The Bertz CT molecular complexity index is 308. The summed E-state index contributed by atoms with van der Waals surface area (Å²) in [6.07, 6.45) is 2.06. The normalized spacial score (nSPS) is 25.6. The van der Waals surface area contributed by atoms with E-state index in [2.05, 4.69) is 12.2 Å². The molecule has 18 heavy (non-hydrogen) atoms. The van der Waals surface area contributed by atoms with Crippen LogP contribution in [0.15, 0.2) is 0 Å². The van der Waals surface area contributed by atoms with Crippen LogP contribution < -0.4 is 5.32 Å². The van der Waals surface area contributed by atoms with Crippen LogP contribution in [0.5, 0.6) is 0 Å². The van der Waals surface area contributed by atoms with E-state index in [0.717, 1.165) is 12.8 Å². The van der Waals surface area contributed by atoms with E-state index in [1.165, 1.54) is 0 Å². The smallest absolute Gasteiger partial charge is 0.326 e. The molecule has 6 heteroatoms. The fourth-order valence-corrected chi connectivity index (χ4v) is 2.24. The first kappa shape index (κ1) is 14.8. The van der Waals surface area contributed by atoms with Crippen molar-refractivity contribution in [1.29, 1.82) is 0 Å². The number of rotatable bonds is 4. The lowest BCUT2D eigenvalue weighted by Crippen LogP contribution is -2.54. The molecule has 1 rings (SSSR count). The van der Waals surface area contributed by atoms with Gasteiger partial charge in [0.1, 0.15) is 6.04 Å². The van der Waals surface area contributed by atoms with Gasteiger partial charge in [-0.3, -0.25) is 0 Å². The first-order valence-electron chi connectivity index (χ1n) is 6.38. The molecule has 3 N–H and O–H groups in total. The number of carbonyl (C=O) groups is 2. The number of aliphatic hydroxyl groups is 1. The third-order valence-electron chi connectivity index (χ3n) is 3.65. The number of nitrogens with one attached hydrogen (secondary N) is 1. The highest BCUT2D eigenvalue weighted by Crippen LogP contribution is 2.22. The fourth-order valence-electron chi connectivity index (χ4n) is 2.24. The maximum Gasteiger partial charge on any atom is 0.326 e. The Morgan fingerprint density at radius 3 is 2.67 bits per heavy atom. The van der Waals surface area contributed by atoms with Crippen molar-refractivity contribution >= 4 is 12.0 Å². The van der Waals surface area contributed by atoms with Crippen molar-refractivity contribution in [3.05, 3.63) is 0 Å². The monoisotopic (exact) mass is 258 g/mol. The molecule has 0 aliphatic carbocycles. The van der Waals surface area contributed by atoms with E-state index in [0.29, 0.717) is 12.5 Å². The number of piperidine rings is 1. The van der Waals surface area contributed by atoms with E-state index < -0.39 is 12.0 Å². The number of carbonyl (C=O) groups excluding carboxylic acids is 1. The third-order valence-corrected chi connectivity index (χ3v) is 3.65. The van der Waals surface area contributed by atoms with Crippen LogP contribution >= 0.6 is 0 Å². The molecule has 1 saturated heterocycles. The Kier molecular flexibility index (Phi) is 5.40. The van der Waals surface area contributed by atoms with Gasteiger partial charge in [0.15, 0.2) is 0 Å². The number of nitrogens with zero attached hydrogens (tertiary/aromatic N) is 1. The number of carboxylic acids is 1. The zero-order valence-electron chi connectivity index (χ0n) is 10.9. The summed E-state index contributed by atoms with van der Waals surface area (Å²) in [5.41, 5.74) is 0. The lowest BCUT2D eigenvalue weighted by Gasteiger charge is -2.38. The van der Waals surface area contributed by atoms with Crippen LogP contribution in [0.2, 0.25) is 0 Å². The number of hydrogen-bond donors (Lipinski definition) is 3. The number of aliphatic hydroxyl groups excluding tert-OH is 1. The van der Waals surface area contributed by atoms with Crippen molar-refractivity contribution in [2.24, 2.45) is 5.92 Å². The lowest BCUT2D eigenvalue weighted by atomic mass is 9.92. The molecule has 3 unspecified atom stereocenters. The average molecular weight is 258 g/mol. The predicted molar refractivity (Wildman–Crippen MR) is 66.2 cm³/mol. The van der Waals surface area contributed by atoms with Gasteiger partial charge in [-0.25, -0.2) is 9.59 Å². The Hall–Kier alpha value is -1.30. The minimum Gasteiger partial charge on any atom is -0.480 e. The summed E-state index contributed by atoms with van der Waals surface area (Å²) in [6.45, 7) is 4.46. The highest BCUT2D eigenvalue weighted by atomic mass is 16.4. The lowest BCUT2D eigenvalue weighted by molar-refractivity contribution is -0.139. The van der Waals surface area contributed by atoms with Gasteiger partial charge in [-0.05, 0) is 25.7 Å². The van der Waals surface area contributed by atoms with Gasteiger partial charge in [-0.15, -0.1) is 0 Å². The second-order valence-electron chi connectivity index (χ2n) is 4.91. The van der Waals surface area contributed by atoms with Gasteiger partial charge < -0.3 is 20.4 Å². The zero-order valence-corrected chi connectivity index (χ0v) is 10.9. The summed E-state index contributed by atoms with van der Waals surface area (Å²) < 4.78 is 0. The highest BCUT2D eigenvalue weighted by molar-refractivity contribution is 5.82. The van der Waals surface area contributed by atoms with Gasteiger partial charge in [-0.2, -0.15) is 0 Å². The molecule has 1 aliphatic heterocycles. The first-order chi connectivity index (χ1) is 8.47. The third kappa shape index (κ3) is 3.60. The molecule has 1 heterocycles. The standard InChI is InChI=1S/C12H22N2O4/c1-8-4-3-6-14(9(8)2)12(18)13-10(5-7-15)11(16)17/h8-10,15H,3-7H2,1-2H3,(H,13,18)(H,16,17). The molecule has 104 valence electrons. The van der Waals surface area contributed by atoms with Gasteiger partial charge in [0.25, 0.3) is 0 Å². The topological polar surface area (TPSA) is 89.9 Å². The van der Waals surface area contributed by atoms with Crippen LogP contribution in [-0.2, 0) is 4.79 Å². The van der Waals surface area contributed by atoms with E-state index >= 15 is 0 Å². The Labute approximate surface area is 107 Å². The van der Waals surface area contributed by atoms with Crippen molar-refractivity contribution in [3.63, 3.8) is 0 Å². The predicted octanol–water partition coefficient (Wildman–Crippen LogP) is 0.652. The first-order valence-corrected chi connectivity index (χ1v) is 6.38. The molecule has 0 radical (unpaired) electrons. The summed E-state index contributed by atoms with van der Waals surface area (Å²) in [5, 5.41) is 20.2. The van der Waals surface area contributed by atoms with Crippen LogP contribution in [0, 0.1) is 5.92 Å². The van der Waals surface area contributed by atoms with E-state index in [1.54, 1.807) is 4.90 Å². The van der Waals surface area contributed by atoms with Gasteiger partial charge in [-0.1, -0.05) is 6.92 Å². The van der Waals surface area contributed by atoms with Crippen molar-refractivity contribution in [3.8, 4) is 0 Å². The Morgan fingerprint density at radius 2 is 2.11 bits per heavy atom. The summed E-state index contributed by atoms with van der Waals surface area (Å²) in [6, 6.07) is -1.26. The molecule has 3 atom stereocenters. The quantitative estimate of drug-likeness (QED) is 0.690. The van der Waals surface area contributed by atoms with Gasteiger partial charge >= 0.3 is 12.0 Å². The maximum atomic E-state index is 12.0. The summed E-state index contributed by atoms with van der Waals surface area (Å²) in [5.74, 6) is -0.694. The fraction of sp³-hybridized carbons (Fsp3) is 0.833. The van der Waals surface area contributed by atoms with E-state index in [-0.39, 0.29) is 25.1 Å². The molecule has 0 saturated carbocycles. The van der Waals surface area contributed by atoms with Crippen molar-refractivity contribution < 1.29 is 19.8 Å². The Balaban J connectivity index is 2.60. The zero-order chi connectivity index (χ0) is 13.7. The largest absolute Gasteiger partial charge is 0.480 e. The summed E-state index contributed by atoms with van der Waals surface area (Å²) >= 11 is 0. The molecule has 0 bridgehead atoms. The molecule has 1 fully saturated rings. The minimum atomic E-state index is -1.12. The number of likely N-dealkylation sites (tertiary alicyclic amines) is 1. The van der Waals surface area contributed by atoms with Crippen molar-refractivity contribution in [2.75, 3.05) is 13.2 Å². The maximum absolute atomic E-state index is 12.0. The molecule has 0 spiro atoms. The number of hydrogen-bond acceptors (Lipinski definition) is 3. The highest BCUT2D eigenvalue weighted by Gasteiger charge is 2.30. The van der Waals surface area contributed by atoms with Crippen LogP contribution in [0.3, 0.4) is 0 Å². The molecule has 6 nitrogen and oxygen atoms in total. The molecule has 1 aliphatic rings. The number of urea groups is 1. The second-order valence-corrected chi connectivity index (χ2v) is 4.91. The molecule has 2 amide bonds. The van der Waals surface area contributed by atoms with Crippen LogP contribution in [0.25, 0.3) is 0 Å². The van der Waals surface area contributed by atoms with Gasteiger partial charge in [0.2, 0.25) is 0 Å². The summed E-state index contributed by atoms with van der Waals surface area (Å²) in [7, 11) is 0. The van der Waals surface area contributed by atoms with Crippen LogP contribution in [-0.4, -0.2) is 52.3 Å². The number of carboxylic acid groups (broad SMARTS) is 1. The van der Waals surface area contributed by atoms with Crippen molar-refractivity contribution in [1.82, 2.24) is 10.2 Å². The van der Waals surface area contributed by atoms with E-state index in [1.807, 2.05) is 6.92 Å². The van der Waals surface area contributed by atoms with Crippen LogP contribution in [0.4, 0.5) is 4.79 Å². The van der Waals surface area contributed by atoms with Gasteiger partial charge in [0, 0.05) is 25.6 Å². The second kappa shape index (κ2) is 6.58. The molecule has 0 aromatic heterocycles. The summed E-state index contributed by atoms with van der Waals surface area (Å²) in [4.78, 5) is 24.6. The number of amides is 2.